The van der Waals surface area contributed by atoms with Crippen molar-refractivity contribution in [1.82, 2.24) is 0 Å². The first-order valence-electron chi connectivity index (χ1n) is 8.53. The number of nitro groups is 1. The molecule has 0 amide bonds. The maximum atomic E-state index is 11.0. The van der Waals surface area contributed by atoms with Gasteiger partial charge in [0.25, 0.3) is 5.69 Å². The molecule has 144 valence electrons. The normalized spacial score (nSPS) is 12.5. The van der Waals surface area contributed by atoms with Gasteiger partial charge in [0, 0.05) is 6.07 Å². The van der Waals surface area contributed by atoms with Gasteiger partial charge >= 0.3 is 0 Å². The third-order valence-corrected chi connectivity index (χ3v) is 4.38. The van der Waals surface area contributed by atoms with E-state index in [1.807, 2.05) is 0 Å². The number of allylic oxidation sites excluding steroid dienone is 1. The number of benzene rings is 2. The molecule has 29 heavy (non-hydrogen) atoms. The molecule has 2 heterocycles. The maximum absolute atomic E-state index is 11.0. The summed E-state index contributed by atoms with van der Waals surface area (Å²) in [4.78, 5) is 10.5. The molecule has 1 aliphatic heterocycles. The molecule has 4 rings (SSSR count). The van der Waals surface area contributed by atoms with Crippen LogP contribution in [0.4, 0.5) is 5.69 Å². The molecule has 0 aliphatic carbocycles. The van der Waals surface area contributed by atoms with Crippen molar-refractivity contribution < 1.29 is 23.6 Å². The van der Waals surface area contributed by atoms with Gasteiger partial charge in [-0.05, 0) is 48.0 Å². The van der Waals surface area contributed by atoms with E-state index in [1.165, 1.54) is 19.2 Å². The number of nitrogens with zero attached hydrogens (tertiary/aromatic N) is 2. The number of non-ortho nitro benzene ring substituents is 1. The fourth-order valence-electron chi connectivity index (χ4n) is 2.96. The predicted octanol–water partition coefficient (Wildman–Crippen LogP) is 4.66. The molecule has 2 aromatic carbocycles. The molecular weight excluding hydrogens is 376 g/mol. The highest BCUT2D eigenvalue weighted by atomic mass is 16.7. The molecule has 3 aromatic rings. The van der Waals surface area contributed by atoms with E-state index in [9.17, 15) is 15.4 Å². The number of hydrogen-bond donors (Lipinski definition) is 0. The van der Waals surface area contributed by atoms with Crippen LogP contribution in [0, 0.1) is 21.4 Å². The van der Waals surface area contributed by atoms with Crippen LogP contribution < -0.4 is 14.2 Å². The highest BCUT2D eigenvalue weighted by Crippen LogP contribution is 2.36. The Bertz CT molecular complexity index is 1170. The summed E-state index contributed by atoms with van der Waals surface area (Å²) in [5.74, 6) is 2.46. The van der Waals surface area contributed by atoms with Crippen LogP contribution in [0.3, 0.4) is 0 Å². The first-order valence-corrected chi connectivity index (χ1v) is 8.53. The topological polar surface area (TPSA) is 108 Å². The van der Waals surface area contributed by atoms with Crippen molar-refractivity contribution in [2.24, 2.45) is 0 Å². The smallest absolute Gasteiger partial charge is 0.273 e. The van der Waals surface area contributed by atoms with Crippen molar-refractivity contribution in [3.8, 4) is 34.6 Å². The van der Waals surface area contributed by atoms with Crippen molar-refractivity contribution in [3.05, 3.63) is 70.0 Å². The van der Waals surface area contributed by atoms with Crippen LogP contribution in [-0.4, -0.2) is 18.8 Å². The minimum Gasteiger partial charge on any atom is -0.496 e. The van der Waals surface area contributed by atoms with Crippen LogP contribution in [-0.2, 0) is 0 Å². The van der Waals surface area contributed by atoms with Crippen LogP contribution >= 0.6 is 0 Å². The fourth-order valence-corrected chi connectivity index (χ4v) is 2.96. The highest BCUT2D eigenvalue weighted by molar-refractivity contribution is 5.89. The van der Waals surface area contributed by atoms with E-state index in [1.54, 1.807) is 42.5 Å². The number of furan rings is 1. The Balaban J connectivity index is 1.67. The van der Waals surface area contributed by atoms with Crippen LogP contribution in [0.15, 0.2) is 52.9 Å². The van der Waals surface area contributed by atoms with Gasteiger partial charge < -0.3 is 18.6 Å². The molecule has 0 N–H and O–H groups in total. The molecule has 0 unspecified atom stereocenters. The maximum Gasteiger partial charge on any atom is 0.273 e. The van der Waals surface area contributed by atoms with E-state index >= 15 is 0 Å². The quantitative estimate of drug-likeness (QED) is 0.354. The molecular formula is C21H14N2O6. The van der Waals surface area contributed by atoms with Gasteiger partial charge in [0.2, 0.25) is 6.79 Å². The Morgan fingerprint density at radius 1 is 1.17 bits per heavy atom. The van der Waals surface area contributed by atoms with Crippen LogP contribution in [0.25, 0.3) is 23.0 Å². The van der Waals surface area contributed by atoms with Gasteiger partial charge in [0.1, 0.15) is 17.3 Å². The fraction of sp³-hybridized carbons (Fsp3) is 0.0952. The summed E-state index contributed by atoms with van der Waals surface area (Å²) in [7, 11) is 1.43. The number of rotatable bonds is 5. The van der Waals surface area contributed by atoms with Crippen LogP contribution in [0.1, 0.15) is 11.3 Å². The summed E-state index contributed by atoms with van der Waals surface area (Å²) in [6, 6.07) is 15.1. The summed E-state index contributed by atoms with van der Waals surface area (Å²) >= 11 is 0. The van der Waals surface area contributed by atoms with Gasteiger partial charge in [-0.15, -0.1) is 0 Å². The zero-order valence-electron chi connectivity index (χ0n) is 15.2. The van der Waals surface area contributed by atoms with E-state index < -0.39 is 4.92 Å². The second-order valence-corrected chi connectivity index (χ2v) is 6.08. The average molecular weight is 390 g/mol. The van der Waals surface area contributed by atoms with Gasteiger partial charge in [0.05, 0.1) is 35.3 Å². The molecule has 0 fully saturated rings. The lowest BCUT2D eigenvalue weighted by atomic mass is 10.1. The number of nitriles is 1. The van der Waals surface area contributed by atoms with Gasteiger partial charge in [0.15, 0.2) is 11.5 Å². The van der Waals surface area contributed by atoms with Crippen molar-refractivity contribution in [1.29, 1.82) is 5.26 Å². The first-order chi connectivity index (χ1) is 14.1. The molecule has 8 nitrogen and oxygen atoms in total. The summed E-state index contributed by atoms with van der Waals surface area (Å²) < 4.78 is 21.7. The lowest BCUT2D eigenvalue weighted by Crippen LogP contribution is -1.92. The molecule has 1 aromatic heterocycles. The molecule has 0 bridgehead atoms. The number of hydrogen-bond acceptors (Lipinski definition) is 7. The predicted molar refractivity (Wildman–Crippen MR) is 103 cm³/mol. The zero-order chi connectivity index (χ0) is 20.4. The zero-order valence-corrected chi connectivity index (χ0v) is 15.2. The molecule has 8 heteroatoms. The van der Waals surface area contributed by atoms with E-state index in [-0.39, 0.29) is 12.5 Å². The lowest BCUT2D eigenvalue weighted by molar-refractivity contribution is -0.384. The van der Waals surface area contributed by atoms with E-state index in [0.29, 0.717) is 45.5 Å². The molecule has 1 aliphatic rings. The summed E-state index contributed by atoms with van der Waals surface area (Å²) in [5, 5.41) is 20.5. The Hall–Kier alpha value is -4.25. The van der Waals surface area contributed by atoms with Crippen LogP contribution in [0.5, 0.6) is 17.2 Å². The Morgan fingerprint density at radius 3 is 2.76 bits per heavy atom. The third-order valence-electron chi connectivity index (χ3n) is 4.38. The minimum absolute atomic E-state index is 0.0770. The molecule has 0 saturated heterocycles. The van der Waals surface area contributed by atoms with Gasteiger partial charge in [-0.2, -0.15) is 5.26 Å². The van der Waals surface area contributed by atoms with Crippen molar-refractivity contribution in [3.63, 3.8) is 0 Å². The number of fused-ring (bicyclic) bond motifs is 1. The van der Waals surface area contributed by atoms with Crippen molar-refractivity contribution in [2.45, 2.75) is 0 Å². The van der Waals surface area contributed by atoms with Crippen molar-refractivity contribution >= 4 is 17.3 Å². The SMILES string of the molecule is COc1cc([N+](=O)[O-])ccc1-c1ccc(/C=C(/C#N)c2ccc3c(c2)OCO3)o1. The van der Waals surface area contributed by atoms with Gasteiger partial charge in [-0.25, -0.2) is 0 Å². The molecule has 0 spiro atoms. The number of nitro benzene ring substituents is 1. The second-order valence-electron chi connectivity index (χ2n) is 6.08. The molecule has 0 atom stereocenters. The largest absolute Gasteiger partial charge is 0.496 e. The summed E-state index contributed by atoms with van der Waals surface area (Å²) in [5.41, 5.74) is 1.55. The molecule has 0 radical (unpaired) electrons. The lowest BCUT2D eigenvalue weighted by Gasteiger charge is -2.05. The molecule has 0 saturated carbocycles. The van der Waals surface area contributed by atoms with E-state index in [2.05, 4.69) is 6.07 Å². The number of methoxy groups -OCH3 is 1. The standard InChI is InChI=1S/C21H14N2O6/c1-26-20-10-15(23(24)25)3-5-17(20)18-7-4-16(29-18)8-14(11-22)13-2-6-19-21(9-13)28-12-27-19/h2-10H,12H2,1H3/b14-8-. The first kappa shape index (κ1) is 18.1. The van der Waals surface area contributed by atoms with Gasteiger partial charge in [-0.3, -0.25) is 10.1 Å². The Kier molecular flexibility index (Phi) is 4.63. The van der Waals surface area contributed by atoms with E-state index in [4.69, 9.17) is 18.6 Å². The monoisotopic (exact) mass is 390 g/mol. The van der Waals surface area contributed by atoms with E-state index in [0.717, 1.165) is 0 Å². The number of ether oxygens (including phenoxy) is 3. The minimum atomic E-state index is -0.493. The Labute approximate surface area is 165 Å². The second kappa shape index (κ2) is 7.40. The van der Waals surface area contributed by atoms with Gasteiger partial charge in [-0.1, -0.05) is 0 Å². The third kappa shape index (κ3) is 3.49. The summed E-state index contributed by atoms with van der Waals surface area (Å²) in [6.07, 6.45) is 1.61. The van der Waals surface area contributed by atoms with Crippen molar-refractivity contribution in [2.75, 3.05) is 13.9 Å². The highest BCUT2D eigenvalue weighted by Gasteiger charge is 2.17. The average Bonchev–Trinajstić information content (AvgIpc) is 3.40. The summed E-state index contributed by atoms with van der Waals surface area (Å²) in [6.45, 7) is 0.156. The Morgan fingerprint density at radius 2 is 2.00 bits per heavy atom. The van der Waals surface area contributed by atoms with Crippen LogP contribution in [0.2, 0.25) is 0 Å².